The molecule has 1 saturated heterocycles. The number of fused-ring (bicyclic) bond motifs is 1. The number of nitrogens with zero attached hydrogens (tertiary/aromatic N) is 2. The van der Waals surface area contributed by atoms with Gasteiger partial charge < -0.3 is 14.4 Å². The smallest absolute Gasteiger partial charge is 0.273 e. The second-order valence-corrected chi connectivity index (χ2v) is 8.50. The summed E-state index contributed by atoms with van der Waals surface area (Å²) in [6.45, 7) is 4.18. The molecule has 32 heavy (non-hydrogen) atoms. The quantitative estimate of drug-likeness (QED) is 0.511. The van der Waals surface area contributed by atoms with Crippen LogP contribution < -0.4 is 4.74 Å². The highest BCUT2D eigenvalue weighted by Gasteiger charge is 2.43. The van der Waals surface area contributed by atoms with E-state index in [1.807, 2.05) is 47.4 Å². The van der Waals surface area contributed by atoms with E-state index in [-0.39, 0.29) is 18.1 Å². The minimum absolute atomic E-state index is 0.0208. The second-order valence-electron chi connectivity index (χ2n) is 8.50. The number of carbonyl (C=O) groups is 1. The van der Waals surface area contributed by atoms with Crippen molar-refractivity contribution in [3.8, 4) is 17.0 Å². The van der Waals surface area contributed by atoms with Crippen molar-refractivity contribution in [2.45, 2.75) is 44.8 Å². The van der Waals surface area contributed by atoms with Crippen LogP contribution in [0.2, 0.25) is 0 Å². The summed E-state index contributed by atoms with van der Waals surface area (Å²) in [5.41, 5.74) is 4.36. The highest BCUT2D eigenvalue weighted by Crippen LogP contribution is 2.43. The molecular weight excluding hydrogens is 402 g/mol. The van der Waals surface area contributed by atoms with E-state index < -0.39 is 0 Å². The number of H-pyrrole nitrogens is 1. The summed E-state index contributed by atoms with van der Waals surface area (Å²) in [5, 5.41) is 7.58. The highest BCUT2D eigenvalue weighted by atomic mass is 16.5. The van der Waals surface area contributed by atoms with Crippen LogP contribution in [0.4, 0.5) is 0 Å². The average Bonchev–Trinajstić information content (AvgIpc) is 3.54. The van der Waals surface area contributed by atoms with E-state index in [1.165, 1.54) is 0 Å². The number of carbonyl (C=O) groups excluding carboxylic acids is 1. The lowest BCUT2D eigenvalue weighted by Gasteiger charge is -2.28. The van der Waals surface area contributed by atoms with Crippen LogP contribution in [0.5, 0.6) is 5.75 Å². The minimum atomic E-state index is -0.231. The van der Waals surface area contributed by atoms with E-state index >= 15 is 0 Å². The van der Waals surface area contributed by atoms with Crippen molar-refractivity contribution in [2.75, 3.05) is 19.8 Å². The molecule has 1 amide bonds. The summed E-state index contributed by atoms with van der Waals surface area (Å²) in [7, 11) is 0. The Morgan fingerprint density at radius 2 is 2.06 bits per heavy atom. The van der Waals surface area contributed by atoms with Gasteiger partial charge in [0, 0.05) is 24.3 Å². The lowest BCUT2D eigenvalue weighted by atomic mass is 9.95. The Kier molecular flexibility index (Phi) is 5.95. The van der Waals surface area contributed by atoms with E-state index in [4.69, 9.17) is 9.47 Å². The predicted octanol–water partition coefficient (Wildman–Crippen LogP) is 4.98. The molecule has 166 valence electrons. The number of rotatable bonds is 8. The second kappa shape index (κ2) is 9.17. The van der Waals surface area contributed by atoms with Crippen molar-refractivity contribution >= 4 is 5.91 Å². The van der Waals surface area contributed by atoms with Gasteiger partial charge in [0.2, 0.25) is 0 Å². The van der Waals surface area contributed by atoms with Crippen LogP contribution >= 0.6 is 0 Å². The summed E-state index contributed by atoms with van der Waals surface area (Å²) < 4.78 is 11.9. The fourth-order valence-electron chi connectivity index (χ4n) is 4.66. The number of benzene rings is 2. The van der Waals surface area contributed by atoms with Crippen molar-refractivity contribution in [3.63, 3.8) is 0 Å². The van der Waals surface area contributed by atoms with Crippen molar-refractivity contribution < 1.29 is 14.3 Å². The largest absolute Gasteiger partial charge is 0.494 e. The molecule has 1 aromatic heterocycles. The molecule has 2 aromatic carbocycles. The molecule has 3 aromatic rings. The van der Waals surface area contributed by atoms with Crippen LogP contribution in [-0.2, 0) is 4.74 Å². The van der Waals surface area contributed by atoms with Crippen LogP contribution in [0, 0.1) is 0 Å². The maximum absolute atomic E-state index is 13.5. The number of ether oxygens (including phenoxy) is 2. The van der Waals surface area contributed by atoms with Crippen molar-refractivity contribution in [3.05, 3.63) is 71.4 Å². The van der Waals surface area contributed by atoms with Crippen LogP contribution in [0.3, 0.4) is 0 Å². The summed E-state index contributed by atoms with van der Waals surface area (Å²) in [4.78, 5) is 15.4. The molecule has 0 spiro atoms. The number of hydrogen-bond acceptors (Lipinski definition) is 4. The third kappa shape index (κ3) is 3.91. The van der Waals surface area contributed by atoms with E-state index in [0.29, 0.717) is 18.8 Å². The molecule has 1 N–H and O–H groups in total. The standard InChI is InChI=1S/C26H29N3O3/c1-2-3-14-31-20-12-7-11-19(16-20)25-22-23(18-9-5-4-6-10-18)27-28-24(22)26(30)29(25)17-21-13-8-15-32-21/h4-7,9-12,16,21,25H,2-3,8,13-15,17H2,1H3,(H,27,28). The van der Waals surface area contributed by atoms with E-state index in [2.05, 4.69) is 29.3 Å². The number of hydrogen-bond donors (Lipinski definition) is 1. The Labute approximate surface area is 188 Å². The Balaban J connectivity index is 1.55. The van der Waals surface area contributed by atoms with Crippen LogP contribution in [0.25, 0.3) is 11.3 Å². The molecule has 2 atom stereocenters. The molecule has 0 radical (unpaired) electrons. The highest BCUT2D eigenvalue weighted by molar-refractivity contribution is 6.00. The summed E-state index contributed by atoms with van der Waals surface area (Å²) in [5.74, 6) is 0.811. The van der Waals surface area contributed by atoms with E-state index in [0.717, 1.165) is 60.4 Å². The maximum atomic E-state index is 13.5. The molecule has 1 fully saturated rings. The number of aromatic amines is 1. The van der Waals surface area contributed by atoms with Gasteiger partial charge in [-0.2, -0.15) is 5.10 Å². The zero-order valence-corrected chi connectivity index (χ0v) is 18.4. The number of nitrogens with one attached hydrogen (secondary N) is 1. The molecule has 6 nitrogen and oxygen atoms in total. The molecule has 2 aliphatic rings. The third-order valence-electron chi connectivity index (χ3n) is 6.28. The first-order valence-corrected chi connectivity index (χ1v) is 11.5. The first-order chi connectivity index (χ1) is 15.8. The molecule has 0 bridgehead atoms. The van der Waals surface area contributed by atoms with Gasteiger partial charge in [-0.25, -0.2) is 0 Å². The average molecular weight is 432 g/mol. The van der Waals surface area contributed by atoms with Gasteiger partial charge in [0.25, 0.3) is 5.91 Å². The number of amides is 1. The fraction of sp³-hybridized carbons (Fsp3) is 0.385. The minimum Gasteiger partial charge on any atom is -0.494 e. The van der Waals surface area contributed by atoms with Gasteiger partial charge in [-0.15, -0.1) is 0 Å². The van der Waals surface area contributed by atoms with Gasteiger partial charge in [-0.3, -0.25) is 9.89 Å². The number of unbranched alkanes of at least 4 members (excludes halogenated alkanes) is 1. The molecule has 6 heteroatoms. The maximum Gasteiger partial charge on any atom is 0.273 e. The summed E-state index contributed by atoms with van der Waals surface area (Å²) in [6.07, 6.45) is 4.20. The van der Waals surface area contributed by atoms with Gasteiger partial charge >= 0.3 is 0 Å². The van der Waals surface area contributed by atoms with Gasteiger partial charge in [0.15, 0.2) is 0 Å². The SMILES string of the molecule is CCCCOc1cccc(C2c3c(-c4ccccc4)n[nH]c3C(=O)N2CC2CCCO2)c1. The molecule has 3 heterocycles. The van der Waals surface area contributed by atoms with Crippen LogP contribution in [0.1, 0.15) is 60.3 Å². The molecule has 2 aliphatic heterocycles. The van der Waals surface area contributed by atoms with Gasteiger partial charge in [-0.1, -0.05) is 55.8 Å². The van der Waals surface area contributed by atoms with Gasteiger partial charge in [0.05, 0.1) is 24.4 Å². The zero-order valence-electron chi connectivity index (χ0n) is 18.4. The molecular formula is C26H29N3O3. The Morgan fingerprint density at radius 1 is 1.19 bits per heavy atom. The van der Waals surface area contributed by atoms with Gasteiger partial charge in [0.1, 0.15) is 11.4 Å². The normalized spacial score (nSPS) is 20.0. The molecule has 5 rings (SSSR count). The lowest BCUT2D eigenvalue weighted by molar-refractivity contribution is 0.0495. The van der Waals surface area contributed by atoms with Crippen LogP contribution in [-0.4, -0.2) is 46.9 Å². The Hall–Kier alpha value is -3.12. The summed E-state index contributed by atoms with van der Waals surface area (Å²) >= 11 is 0. The fourth-order valence-corrected chi connectivity index (χ4v) is 4.66. The molecule has 0 saturated carbocycles. The van der Waals surface area contributed by atoms with Crippen LogP contribution in [0.15, 0.2) is 54.6 Å². The van der Waals surface area contributed by atoms with Crippen molar-refractivity contribution in [1.82, 2.24) is 15.1 Å². The van der Waals surface area contributed by atoms with Crippen molar-refractivity contribution in [2.24, 2.45) is 0 Å². The van der Waals surface area contributed by atoms with E-state index in [1.54, 1.807) is 0 Å². The van der Waals surface area contributed by atoms with Crippen molar-refractivity contribution in [1.29, 1.82) is 0 Å². The zero-order chi connectivity index (χ0) is 21.9. The summed E-state index contributed by atoms with van der Waals surface area (Å²) in [6, 6.07) is 17.9. The number of aromatic nitrogens is 2. The first-order valence-electron chi connectivity index (χ1n) is 11.5. The monoisotopic (exact) mass is 431 g/mol. The van der Waals surface area contributed by atoms with E-state index in [9.17, 15) is 4.79 Å². The lowest BCUT2D eigenvalue weighted by Crippen LogP contribution is -2.36. The Bertz CT molecular complexity index is 1070. The molecule has 0 aliphatic carbocycles. The first kappa shape index (κ1) is 20.8. The third-order valence-corrected chi connectivity index (χ3v) is 6.28. The Morgan fingerprint density at radius 3 is 2.84 bits per heavy atom. The topological polar surface area (TPSA) is 67.5 Å². The molecule has 2 unspecified atom stereocenters. The predicted molar refractivity (Wildman–Crippen MR) is 123 cm³/mol. The van der Waals surface area contributed by atoms with Gasteiger partial charge in [-0.05, 0) is 37.0 Å².